The van der Waals surface area contributed by atoms with Gasteiger partial charge in [-0.2, -0.15) is 0 Å². The van der Waals surface area contributed by atoms with Gasteiger partial charge in [-0.25, -0.2) is 0 Å². The van der Waals surface area contributed by atoms with E-state index in [1.165, 1.54) is 37.4 Å². The summed E-state index contributed by atoms with van der Waals surface area (Å²) in [6.07, 6.45) is 4.92. The second kappa shape index (κ2) is 8.93. The molecule has 26 heavy (non-hydrogen) atoms. The van der Waals surface area contributed by atoms with E-state index in [1.807, 2.05) is 30.3 Å². The number of allylic oxidation sites excluding steroid dienone is 2. The van der Waals surface area contributed by atoms with Crippen molar-refractivity contribution in [2.24, 2.45) is 0 Å². The lowest BCUT2D eigenvalue weighted by molar-refractivity contribution is -0.384. The fourth-order valence-electron chi connectivity index (χ4n) is 2.06. The van der Waals surface area contributed by atoms with Gasteiger partial charge in [-0.15, -0.1) is 0 Å². The van der Waals surface area contributed by atoms with Gasteiger partial charge in [-0.3, -0.25) is 19.7 Å². The van der Waals surface area contributed by atoms with Crippen LogP contribution >= 0.6 is 0 Å². The molecule has 0 spiro atoms. The molecule has 2 amide bonds. The van der Waals surface area contributed by atoms with E-state index >= 15 is 0 Å². The van der Waals surface area contributed by atoms with Crippen LogP contribution in [-0.4, -0.2) is 23.8 Å². The maximum atomic E-state index is 12.3. The molecule has 0 saturated heterocycles. The molecule has 132 valence electrons. The average Bonchev–Trinajstić information content (AvgIpc) is 2.67. The van der Waals surface area contributed by atoms with Crippen LogP contribution in [0.5, 0.6) is 0 Å². The first-order chi connectivity index (χ1) is 12.5. The van der Waals surface area contributed by atoms with Crippen molar-refractivity contribution in [3.63, 3.8) is 0 Å². The van der Waals surface area contributed by atoms with Crippen LogP contribution in [0.4, 0.5) is 5.69 Å². The Labute approximate surface area is 150 Å². The minimum atomic E-state index is -0.550. The monoisotopic (exact) mass is 351 g/mol. The molecule has 0 saturated carbocycles. The number of likely N-dealkylation sites (N-methyl/N-ethyl adjacent to an activating group) is 1. The highest BCUT2D eigenvalue weighted by molar-refractivity contribution is 6.03. The van der Waals surface area contributed by atoms with Gasteiger partial charge < -0.3 is 10.6 Å². The number of amides is 2. The molecular formula is C19H17N3O4. The van der Waals surface area contributed by atoms with Crippen molar-refractivity contribution in [1.29, 1.82) is 0 Å². The molecule has 2 N–H and O–H groups in total. The second-order valence-electron chi connectivity index (χ2n) is 5.19. The quantitative estimate of drug-likeness (QED) is 0.361. The van der Waals surface area contributed by atoms with Crippen LogP contribution in [0.2, 0.25) is 0 Å². The minimum absolute atomic E-state index is 0.0584. The minimum Gasteiger partial charge on any atom is -0.354 e. The van der Waals surface area contributed by atoms with Crippen molar-refractivity contribution in [1.82, 2.24) is 10.6 Å². The van der Waals surface area contributed by atoms with Crippen LogP contribution in [0.25, 0.3) is 6.08 Å². The van der Waals surface area contributed by atoms with Gasteiger partial charge in [0.1, 0.15) is 5.70 Å². The van der Waals surface area contributed by atoms with Gasteiger partial charge in [0, 0.05) is 24.7 Å². The third-order valence-electron chi connectivity index (χ3n) is 3.41. The van der Waals surface area contributed by atoms with Gasteiger partial charge in [0.15, 0.2) is 0 Å². The van der Waals surface area contributed by atoms with Crippen LogP contribution in [0, 0.1) is 10.1 Å². The summed E-state index contributed by atoms with van der Waals surface area (Å²) in [6, 6.07) is 14.6. The topological polar surface area (TPSA) is 101 Å². The number of carbonyl (C=O) groups excluding carboxylic acids is 2. The molecule has 0 aliphatic rings. The smallest absolute Gasteiger partial charge is 0.269 e. The Balaban J connectivity index is 2.15. The molecule has 2 aromatic rings. The van der Waals surface area contributed by atoms with Crippen LogP contribution in [0.15, 0.2) is 72.4 Å². The van der Waals surface area contributed by atoms with Gasteiger partial charge >= 0.3 is 0 Å². The summed E-state index contributed by atoms with van der Waals surface area (Å²) in [7, 11) is 1.45. The first-order valence-corrected chi connectivity index (χ1v) is 7.72. The molecule has 7 nitrogen and oxygen atoms in total. The molecule has 0 bridgehead atoms. The zero-order valence-corrected chi connectivity index (χ0v) is 14.0. The average molecular weight is 351 g/mol. The fraction of sp³-hybridized carbons (Fsp3) is 0.0526. The van der Waals surface area contributed by atoms with Gasteiger partial charge in [0.05, 0.1) is 4.92 Å². The molecule has 0 fully saturated rings. The van der Waals surface area contributed by atoms with Gasteiger partial charge in [-0.05, 0) is 23.8 Å². The Hall–Kier alpha value is -3.74. The van der Waals surface area contributed by atoms with Crippen molar-refractivity contribution in [2.45, 2.75) is 0 Å². The molecular weight excluding hydrogens is 334 g/mol. The summed E-state index contributed by atoms with van der Waals surface area (Å²) in [5.41, 5.74) is 1.09. The molecule has 7 heteroatoms. The predicted octanol–water partition coefficient (Wildman–Crippen LogP) is 2.67. The van der Waals surface area contributed by atoms with E-state index in [-0.39, 0.29) is 16.9 Å². The Morgan fingerprint density at radius 1 is 1.04 bits per heavy atom. The maximum Gasteiger partial charge on any atom is 0.269 e. The zero-order chi connectivity index (χ0) is 18.9. The number of non-ortho nitro benzene ring substituents is 1. The Bertz CT molecular complexity index is 856. The SMILES string of the molecule is CNC(=O)/C(=C\C=C\c1ccccc1)NC(=O)c1ccc([N+](=O)[O-])cc1. The van der Waals surface area contributed by atoms with Crippen LogP contribution in [-0.2, 0) is 4.79 Å². The summed E-state index contributed by atoms with van der Waals surface area (Å²) in [5, 5.41) is 15.6. The van der Waals surface area contributed by atoms with E-state index in [0.29, 0.717) is 0 Å². The summed E-state index contributed by atoms with van der Waals surface area (Å²) in [6.45, 7) is 0. The number of nitrogens with one attached hydrogen (secondary N) is 2. The van der Waals surface area contributed by atoms with Crippen LogP contribution in [0.1, 0.15) is 15.9 Å². The lowest BCUT2D eigenvalue weighted by atomic mass is 10.2. The maximum absolute atomic E-state index is 12.3. The molecule has 2 aromatic carbocycles. The number of rotatable bonds is 6. The van der Waals surface area contributed by atoms with Crippen LogP contribution < -0.4 is 10.6 Å². The van der Waals surface area contributed by atoms with E-state index in [4.69, 9.17) is 0 Å². The van der Waals surface area contributed by atoms with Crippen molar-refractivity contribution in [3.05, 3.63) is 93.7 Å². The molecule has 0 aliphatic heterocycles. The third-order valence-corrected chi connectivity index (χ3v) is 3.41. The Kier molecular flexibility index (Phi) is 6.39. The van der Waals surface area contributed by atoms with Crippen molar-refractivity contribution in [2.75, 3.05) is 7.05 Å². The first-order valence-electron chi connectivity index (χ1n) is 7.72. The number of hydrogen-bond donors (Lipinski definition) is 2. The van der Waals surface area contributed by atoms with Gasteiger partial charge in [0.25, 0.3) is 17.5 Å². The van der Waals surface area contributed by atoms with E-state index < -0.39 is 16.7 Å². The summed E-state index contributed by atoms with van der Waals surface area (Å²) in [5.74, 6) is -0.999. The number of carbonyl (C=O) groups is 2. The zero-order valence-electron chi connectivity index (χ0n) is 14.0. The highest BCUT2D eigenvalue weighted by Gasteiger charge is 2.14. The molecule has 0 aliphatic carbocycles. The predicted molar refractivity (Wildman–Crippen MR) is 98.2 cm³/mol. The highest BCUT2D eigenvalue weighted by Crippen LogP contribution is 2.12. The summed E-state index contributed by atoms with van der Waals surface area (Å²) < 4.78 is 0. The number of nitro groups is 1. The second-order valence-corrected chi connectivity index (χ2v) is 5.19. The highest BCUT2D eigenvalue weighted by atomic mass is 16.6. The third kappa shape index (κ3) is 5.13. The largest absolute Gasteiger partial charge is 0.354 e. The molecule has 0 atom stereocenters. The molecule has 0 aromatic heterocycles. The number of nitro benzene ring substituents is 1. The number of nitrogens with zero attached hydrogens (tertiary/aromatic N) is 1. The van der Waals surface area contributed by atoms with E-state index in [1.54, 1.807) is 12.2 Å². The lowest BCUT2D eigenvalue weighted by Crippen LogP contribution is -2.33. The normalized spacial score (nSPS) is 11.2. The molecule has 0 heterocycles. The van der Waals surface area contributed by atoms with Crippen LogP contribution in [0.3, 0.4) is 0 Å². The Morgan fingerprint density at radius 3 is 2.27 bits per heavy atom. The summed E-state index contributed by atoms with van der Waals surface area (Å²) >= 11 is 0. The van der Waals surface area contributed by atoms with E-state index in [0.717, 1.165) is 5.56 Å². The van der Waals surface area contributed by atoms with Gasteiger partial charge in [-0.1, -0.05) is 42.5 Å². The summed E-state index contributed by atoms with van der Waals surface area (Å²) in [4.78, 5) is 34.3. The fourth-order valence-corrected chi connectivity index (χ4v) is 2.06. The Morgan fingerprint density at radius 2 is 1.69 bits per heavy atom. The first kappa shape index (κ1) is 18.6. The van der Waals surface area contributed by atoms with E-state index in [2.05, 4.69) is 10.6 Å². The molecule has 0 radical (unpaired) electrons. The van der Waals surface area contributed by atoms with Gasteiger partial charge in [0.2, 0.25) is 0 Å². The molecule has 0 unspecified atom stereocenters. The lowest BCUT2D eigenvalue weighted by Gasteiger charge is -2.08. The van der Waals surface area contributed by atoms with Crippen molar-refractivity contribution < 1.29 is 14.5 Å². The number of benzene rings is 2. The van der Waals surface area contributed by atoms with Crippen molar-refractivity contribution in [3.8, 4) is 0 Å². The van der Waals surface area contributed by atoms with E-state index in [9.17, 15) is 19.7 Å². The molecule has 2 rings (SSSR count). The van der Waals surface area contributed by atoms with Crippen molar-refractivity contribution >= 4 is 23.6 Å². The number of hydrogen-bond acceptors (Lipinski definition) is 4. The standard InChI is InChI=1S/C19H17N3O4/c1-20-19(24)17(9-5-8-14-6-3-2-4-7-14)21-18(23)15-10-12-16(13-11-15)22(25)26/h2-13H,1H3,(H,20,24)(H,21,23)/b8-5+,17-9+.